The number of benzene rings is 3. The number of fused-ring (bicyclic) bond motifs is 1. The second-order valence-electron chi connectivity index (χ2n) is 10.3. The molecule has 37 heavy (non-hydrogen) atoms. The fourth-order valence-electron chi connectivity index (χ4n) is 4.11. The maximum absolute atomic E-state index is 13.7. The number of hydrogen-bond donors (Lipinski definition) is 1. The lowest BCUT2D eigenvalue weighted by Crippen LogP contribution is -2.51. The molecular weight excluding hydrogens is 488 g/mol. The molecule has 0 aliphatic carbocycles. The summed E-state index contributed by atoms with van der Waals surface area (Å²) in [5.41, 5.74) is 3.31. The van der Waals surface area contributed by atoms with Crippen LogP contribution in [0, 0.1) is 13.8 Å². The van der Waals surface area contributed by atoms with Crippen LogP contribution in [0.25, 0.3) is 0 Å². The molecule has 8 heteroatoms. The molecule has 0 unspecified atom stereocenters. The highest BCUT2D eigenvalue weighted by atomic mass is 32.2. The molecule has 7 nitrogen and oxygen atoms in total. The average molecular weight is 523 g/mol. The molecule has 0 aromatic heterocycles. The van der Waals surface area contributed by atoms with Crippen molar-refractivity contribution in [1.82, 2.24) is 5.32 Å². The molecule has 0 saturated heterocycles. The van der Waals surface area contributed by atoms with Crippen LogP contribution in [0.3, 0.4) is 0 Å². The van der Waals surface area contributed by atoms with E-state index in [2.05, 4.69) is 26.1 Å². The van der Waals surface area contributed by atoms with Crippen LogP contribution in [0.5, 0.6) is 11.5 Å². The van der Waals surface area contributed by atoms with Crippen molar-refractivity contribution in [2.75, 3.05) is 24.0 Å². The molecule has 1 aliphatic heterocycles. The number of amides is 1. The molecule has 1 N–H and O–H groups in total. The van der Waals surface area contributed by atoms with Crippen molar-refractivity contribution in [3.8, 4) is 11.5 Å². The van der Waals surface area contributed by atoms with Gasteiger partial charge in [-0.05, 0) is 66.3 Å². The van der Waals surface area contributed by atoms with Crippen LogP contribution in [0.1, 0.15) is 37.5 Å². The van der Waals surface area contributed by atoms with E-state index in [4.69, 9.17) is 9.47 Å². The lowest BCUT2D eigenvalue weighted by molar-refractivity contribution is -0.127. The van der Waals surface area contributed by atoms with Crippen molar-refractivity contribution in [2.45, 2.75) is 51.0 Å². The number of carbonyl (C=O) groups excluding carboxylic acids is 1. The number of aryl methyl sites for hydroxylation is 2. The second-order valence-corrected chi connectivity index (χ2v) is 12.2. The highest BCUT2D eigenvalue weighted by molar-refractivity contribution is 7.92. The molecule has 3 aromatic rings. The van der Waals surface area contributed by atoms with Crippen LogP contribution in [-0.4, -0.2) is 40.1 Å². The van der Waals surface area contributed by atoms with E-state index in [1.165, 1.54) is 4.31 Å². The number of nitrogens with zero attached hydrogens (tertiary/aromatic N) is 1. The molecule has 0 spiro atoms. The minimum atomic E-state index is -3.93. The first kappa shape index (κ1) is 26.5. The fourth-order valence-corrected chi connectivity index (χ4v) is 5.60. The summed E-state index contributed by atoms with van der Waals surface area (Å²) in [7, 11) is -3.93. The summed E-state index contributed by atoms with van der Waals surface area (Å²) in [5, 5.41) is 2.82. The van der Waals surface area contributed by atoms with Crippen LogP contribution in [0.15, 0.2) is 71.6 Å². The van der Waals surface area contributed by atoms with Crippen LogP contribution in [-0.2, 0) is 20.2 Å². The quantitative estimate of drug-likeness (QED) is 0.453. The highest BCUT2D eigenvalue weighted by Crippen LogP contribution is 2.40. The predicted octanol–water partition coefficient (Wildman–Crippen LogP) is 4.75. The maximum atomic E-state index is 13.7. The van der Waals surface area contributed by atoms with Gasteiger partial charge in [0, 0.05) is 0 Å². The van der Waals surface area contributed by atoms with Crippen LogP contribution >= 0.6 is 0 Å². The lowest BCUT2D eigenvalue weighted by Gasteiger charge is -2.36. The van der Waals surface area contributed by atoms with Crippen molar-refractivity contribution in [3.05, 3.63) is 83.4 Å². The van der Waals surface area contributed by atoms with Gasteiger partial charge in [0.2, 0.25) is 0 Å². The fraction of sp³-hybridized carbons (Fsp3) is 0.345. The van der Waals surface area contributed by atoms with Gasteiger partial charge >= 0.3 is 0 Å². The van der Waals surface area contributed by atoms with Crippen molar-refractivity contribution in [3.63, 3.8) is 0 Å². The average Bonchev–Trinajstić information content (AvgIpc) is 2.87. The zero-order valence-electron chi connectivity index (χ0n) is 21.9. The molecule has 0 fully saturated rings. The molecule has 196 valence electrons. The first-order chi connectivity index (χ1) is 17.5. The van der Waals surface area contributed by atoms with Gasteiger partial charge in [-0.3, -0.25) is 9.10 Å². The Kier molecular flexibility index (Phi) is 7.50. The van der Waals surface area contributed by atoms with Crippen molar-refractivity contribution in [1.29, 1.82) is 0 Å². The Morgan fingerprint density at radius 2 is 1.78 bits per heavy atom. The predicted molar refractivity (Wildman–Crippen MR) is 145 cm³/mol. The molecular formula is C29H34N2O5S. The lowest BCUT2D eigenvalue weighted by atomic mass is 9.86. The Bertz CT molecular complexity index is 1380. The number of anilines is 1. The van der Waals surface area contributed by atoms with Gasteiger partial charge < -0.3 is 14.8 Å². The Morgan fingerprint density at radius 1 is 1.05 bits per heavy atom. The van der Waals surface area contributed by atoms with Gasteiger partial charge in [0.1, 0.15) is 18.1 Å². The molecule has 1 heterocycles. The standard InChI is InChI=1S/C29H34N2O5S/c1-20-11-12-21(2)26(17-20)35-16-15-30-28(32)27-19-31(37(33,34)23-9-7-6-8-10-23)24-18-22(29(3,4)5)13-14-25(24)36-27/h6-14,17-18,27H,15-16,19H2,1-5H3,(H,30,32)/t27-/m0/s1. The van der Waals surface area contributed by atoms with Crippen molar-refractivity contribution in [2.24, 2.45) is 0 Å². The van der Waals surface area contributed by atoms with Crippen LogP contribution in [0.2, 0.25) is 0 Å². The smallest absolute Gasteiger partial charge is 0.264 e. The number of sulfonamides is 1. The Hall–Kier alpha value is -3.52. The molecule has 1 atom stereocenters. The molecule has 0 bridgehead atoms. The van der Waals surface area contributed by atoms with E-state index in [-0.39, 0.29) is 30.0 Å². The summed E-state index contributed by atoms with van der Waals surface area (Å²) in [6, 6.07) is 19.7. The van der Waals surface area contributed by atoms with Crippen molar-refractivity contribution >= 4 is 21.6 Å². The summed E-state index contributed by atoms with van der Waals surface area (Å²) in [5.74, 6) is 0.723. The zero-order valence-corrected chi connectivity index (χ0v) is 22.8. The SMILES string of the molecule is Cc1ccc(C)c(OCCNC(=O)[C@@H]2CN(S(=O)(=O)c3ccccc3)c3cc(C(C)(C)C)ccc3O2)c1. The zero-order chi connectivity index (χ0) is 26.8. The third kappa shape index (κ3) is 5.91. The first-order valence-electron chi connectivity index (χ1n) is 12.3. The van der Waals surface area contributed by atoms with Crippen LogP contribution in [0.4, 0.5) is 5.69 Å². The molecule has 1 aliphatic rings. The van der Waals surface area contributed by atoms with Gasteiger partial charge in [0.05, 0.1) is 23.7 Å². The summed E-state index contributed by atoms with van der Waals surface area (Å²) < 4.78 is 40.5. The molecule has 1 amide bonds. The number of nitrogens with one attached hydrogen (secondary N) is 1. The van der Waals surface area contributed by atoms with Gasteiger partial charge in [0.25, 0.3) is 15.9 Å². The number of hydrogen-bond acceptors (Lipinski definition) is 5. The third-order valence-electron chi connectivity index (χ3n) is 6.32. The summed E-state index contributed by atoms with van der Waals surface area (Å²) in [4.78, 5) is 13.2. The minimum Gasteiger partial charge on any atom is -0.491 e. The van der Waals surface area contributed by atoms with E-state index >= 15 is 0 Å². The molecule has 0 saturated carbocycles. The molecule has 3 aromatic carbocycles. The van der Waals surface area contributed by atoms with E-state index in [9.17, 15) is 13.2 Å². The number of carbonyl (C=O) groups is 1. The molecule has 0 radical (unpaired) electrons. The number of rotatable bonds is 7. The van der Waals surface area contributed by atoms with E-state index in [0.29, 0.717) is 11.4 Å². The topological polar surface area (TPSA) is 84.9 Å². The largest absolute Gasteiger partial charge is 0.491 e. The van der Waals surface area contributed by atoms with E-state index in [1.807, 2.05) is 44.2 Å². The van der Waals surface area contributed by atoms with Gasteiger partial charge in [-0.25, -0.2) is 8.42 Å². The van der Waals surface area contributed by atoms with E-state index < -0.39 is 22.0 Å². The van der Waals surface area contributed by atoms with Crippen molar-refractivity contribution < 1.29 is 22.7 Å². The molecule has 4 rings (SSSR count). The normalized spacial score (nSPS) is 15.5. The van der Waals surface area contributed by atoms with E-state index in [1.54, 1.807) is 36.4 Å². The minimum absolute atomic E-state index is 0.137. The van der Waals surface area contributed by atoms with Gasteiger partial charge in [0.15, 0.2) is 6.10 Å². The Morgan fingerprint density at radius 3 is 2.49 bits per heavy atom. The second kappa shape index (κ2) is 10.5. The van der Waals surface area contributed by atoms with Gasteiger partial charge in [-0.2, -0.15) is 0 Å². The van der Waals surface area contributed by atoms with Gasteiger partial charge in [-0.15, -0.1) is 0 Å². The monoisotopic (exact) mass is 522 g/mol. The summed E-state index contributed by atoms with van der Waals surface area (Å²) in [6.45, 7) is 10.5. The van der Waals surface area contributed by atoms with E-state index in [0.717, 1.165) is 22.4 Å². The first-order valence-corrected chi connectivity index (χ1v) is 13.8. The summed E-state index contributed by atoms with van der Waals surface area (Å²) >= 11 is 0. The number of ether oxygens (including phenoxy) is 2. The Labute approximate surface area is 219 Å². The third-order valence-corrected chi connectivity index (χ3v) is 8.11. The summed E-state index contributed by atoms with van der Waals surface area (Å²) in [6.07, 6.45) is -1.01. The van der Waals surface area contributed by atoms with Gasteiger partial charge in [-0.1, -0.05) is 57.2 Å². The Balaban J connectivity index is 1.54. The maximum Gasteiger partial charge on any atom is 0.264 e. The highest BCUT2D eigenvalue weighted by Gasteiger charge is 2.38. The van der Waals surface area contributed by atoms with Crippen LogP contribution < -0.4 is 19.1 Å².